The van der Waals surface area contributed by atoms with Gasteiger partial charge in [0.25, 0.3) is 0 Å². The van der Waals surface area contributed by atoms with Crippen molar-refractivity contribution in [2.24, 2.45) is 5.73 Å². The molecular formula is C16H18N2O2S. The summed E-state index contributed by atoms with van der Waals surface area (Å²) in [5, 5.41) is 0.206. The lowest BCUT2D eigenvalue weighted by atomic mass is 10.2. The first-order chi connectivity index (χ1) is 10.4. The van der Waals surface area contributed by atoms with Crippen molar-refractivity contribution in [1.29, 1.82) is 0 Å². The lowest BCUT2D eigenvalue weighted by molar-refractivity contribution is 0.297. The molecular weight excluding hydrogens is 284 g/mol. The SMILES string of the molecule is NCC(Sc1ccc2c(c1)OCCCO2)c1ccncc1. The fourth-order valence-corrected chi connectivity index (χ4v) is 3.25. The number of nitrogens with zero attached hydrogens (tertiary/aromatic N) is 1. The minimum absolute atomic E-state index is 0.206. The second-order valence-electron chi connectivity index (χ2n) is 4.78. The van der Waals surface area contributed by atoms with Crippen molar-refractivity contribution in [2.75, 3.05) is 19.8 Å². The van der Waals surface area contributed by atoms with Crippen LogP contribution >= 0.6 is 11.8 Å². The Balaban J connectivity index is 1.79. The van der Waals surface area contributed by atoms with E-state index in [1.54, 1.807) is 24.2 Å². The van der Waals surface area contributed by atoms with Crippen molar-refractivity contribution < 1.29 is 9.47 Å². The Morgan fingerprint density at radius 2 is 1.86 bits per heavy atom. The number of hydrogen-bond donors (Lipinski definition) is 1. The topological polar surface area (TPSA) is 57.4 Å². The number of fused-ring (bicyclic) bond motifs is 1. The third-order valence-electron chi connectivity index (χ3n) is 3.29. The molecule has 0 spiro atoms. The summed E-state index contributed by atoms with van der Waals surface area (Å²) in [6.07, 6.45) is 4.51. The molecule has 2 aromatic rings. The van der Waals surface area contributed by atoms with E-state index >= 15 is 0 Å². The Hall–Kier alpha value is -1.72. The maximum Gasteiger partial charge on any atom is 0.162 e. The number of aromatic nitrogens is 1. The zero-order valence-corrected chi connectivity index (χ0v) is 12.5. The van der Waals surface area contributed by atoms with Gasteiger partial charge in [0, 0.05) is 35.5 Å². The monoisotopic (exact) mass is 302 g/mol. The van der Waals surface area contributed by atoms with Crippen LogP contribution in [0, 0.1) is 0 Å². The van der Waals surface area contributed by atoms with E-state index in [9.17, 15) is 0 Å². The van der Waals surface area contributed by atoms with Crippen LogP contribution in [-0.2, 0) is 0 Å². The molecule has 4 nitrogen and oxygen atoms in total. The van der Waals surface area contributed by atoms with Crippen LogP contribution in [0.3, 0.4) is 0 Å². The van der Waals surface area contributed by atoms with E-state index in [4.69, 9.17) is 15.2 Å². The third-order valence-corrected chi connectivity index (χ3v) is 4.56. The Morgan fingerprint density at radius 3 is 2.62 bits per heavy atom. The first-order valence-electron chi connectivity index (χ1n) is 7.03. The molecule has 0 radical (unpaired) electrons. The van der Waals surface area contributed by atoms with Crippen LogP contribution in [0.25, 0.3) is 0 Å². The number of nitrogens with two attached hydrogens (primary N) is 1. The average Bonchev–Trinajstić information content (AvgIpc) is 2.78. The number of pyridine rings is 1. The van der Waals surface area contributed by atoms with Crippen LogP contribution < -0.4 is 15.2 Å². The van der Waals surface area contributed by atoms with Crippen molar-refractivity contribution in [1.82, 2.24) is 4.98 Å². The number of rotatable bonds is 4. The van der Waals surface area contributed by atoms with Crippen LogP contribution in [0.1, 0.15) is 17.2 Å². The van der Waals surface area contributed by atoms with E-state index < -0.39 is 0 Å². The molecule has 0 bridgehead atoms. The molecule has 5 heteroatoms. The van der Waals surface area contributed by atoms with Gasteiger partial charge in [0.05, 0.1) is 13.2 Å². The minimum Gasteiger partial charge on any atom is -0.490 e. The smallest absolute Gasteiger partial charge is 0.162 e. The Morgan fingerprint density at radius 1 is 1.10 bits per heavy atom. The zero-order chi connectivity index (χ0) is 14.5. The Bertz CT molecular complexity index is 592. The molecule has 1 atom stereocenters. The van der Waals surface area contributed by atoms with Gasteiger partial charge in [0.15, 0.2) is 11.5 Å². The van der Waals surface area contributed by atoms with Crippen LogP contribution in [0.5, 0.6) is 11.5 Å². The fraction of sp³-hybridized carbons (Fsp3) is 0.312. The van der Waals surface area contributed by atoms with Gasteiger partial charge in [-0.05, 0) is 35.9 Å². The first-order valence-corrected chi connectivity index (χ1v) is 7.91. The molecule has 110 valence electrons. The molecule has 0 aliphatic carbocycles. The first kappa shape index (κ1) is 14.2. The fourth-order valence-electron chi connectivity index (χ4n) is 2.21. The molecule has 3 rings (SSSR count). The van der Waals surface area contributed by atoms with Crippen LogP contribution in [-0.4, -0.2) is 24.7 Å². The summed E-state index contributed by atoms with van der Waals surface area (Å²) in [4.78, 5) is 5.18. The van der Waals surface area contributed by atoms with Crippen LogP contribution in [0.4, 0.5) is 0 Å². The number of hydrogen-bond acceptors (Lipinski definition) is 5. The van der Waals surface area contributed by atoms with E-state index in [1.807, 2.05) is 24.3 Å². The van der Waals surface area contributed by atoms with E-state index in [0.29, 0.717) is 19.8 Å². The number of ether oxygens (including phenoxy) is 2. The van der Waals surface area contributed by atoms with E-state index in [1.165, 1.54) is 5.56 Å². The van der Waals surface area contributed by atoms with Gasteiger partial charge in [-0.3, -0.25) is 4.98 Å². The van der Waals surface area contributed by atoms with Gasteiger partial charge in [-0.2, -0.15) is 0 Å². The second-order valence-corrected chi connectivity index (χ2v) is 6.06. The highest BCUT2D eigenvalue weighted by atomic mass is 32.2. The van der Waals surface area contributed by atoms with E-state index in [0.717, 1.165) is 22.8 Å². The molecule has 1 aliphatic rings. The molecule has 2 N–H and O–H groups in total. The summed E-state index contributed by atoms with van der Waals surface area (Å²) in [6, 6.07) is 10.1. The molecule has 21 heavy (non-hydrogen) atoms. The zero-order valence-electron chi connectivity index (χ0n) is 11.7. The normalized spacial score (nSPS) is 15.3. The molecule has 1 unspecified atom stereocenters. The minimum atomic E-state index is 0.206. The highest BCUT2D eigenvalue weighted by Gasteiger charge is 2.15. The number of benzene rings is 1. The van der Waals surface area contributed by atoms with Crippen molar-refractivity contribution in [2.45, 2.75) is 16.6 Å². The maximum atomic E-state index is 5.92. The highest BCUT2D eigenvalue weighted by molar-refractivity contribution is 7.99. The molecule has 0 amide bonds. The van der Waals surface area contributed by atoms with Gasteiger partial charge in [-0.15, -0.1) is 11.8 Å². The van der Waals surface area contributed by atoms with Gasteiger partial charge < -0.3 is 15.2 Å². The highest BCUT2D eigenvalue weighted by Crippen LogP contribution is 2.39. The summed E-state index contributed by atoms with van der Waals surface area (Å²) < 4.78 is 11.4. The molecule has 0 saturated carbocycles. The van der Waals surface area contributed by atoms with Gasteiger partial charge >= 0.3 is 0 Å². The average molecular weight is 302 g/mol. The van der Waals surface area contributed by atoms with E-state index in [2.05, 4.69) is 11.1 Å². The van der Waals surface area contributed by atoms with Gasteiger partial charge in [0.2, 0.25) is 0 Å². The van der Waals surface area contributed by atoms with Crippen molar-refractivity contribution >= 4 is 11.8 Å². The van der Waals surface area contributed by atoms with Crippen LogP contribution in [0.2, 0.25) is 0 Å². The quantitative estimate of drug-likeness (QED) is 0.880. The third kappa shape index (κ3) is 3.49. The molecule has 1 aromatic carbocycles. The maximum absolute atomic E-state index is 5.92. The Labute approximate surface area is 128 Å². The molecule has 1 aliphatic heterocycles. The van der Waals surface area contributed by atoms with Crippen molar-refractivity contribution in [3.63, 3.8) is 0 Å². The standard InChI is InChI=1S/C16H18N2O2S/c17-11-16(12-4-6-18-7-5-12)21-13-2-3-14-15(10-13)20-9-1-8-19-14/h2-7,10,16H,1,8-9,11,17H2. The summed E-state index contributed by atoms with van der Waals surface area (Å²) in [7, 11) is 0. The van der Waals surface area contributed by atoms with Crippen molar-refractivity contribution in [3.8, 4) is 11.5 Å². The molecule has 0 fully saturated rings. The molecule has 1 aromatic heterocycles. The predicted molar refractivity (Wildman–Crippen MR) is 83.9 cm³/mol. The second kappa shape index (κ2) is 6.83. The summed E-state index contributed by atoms with van der Waals surface area (Å²) in [5.74, 6) is 1.65. The lowest BCUT2D eigenvalue weighted by Gasteiger charge is -2.16. The summed E-state index contributed by atoms with van der Waals surface area (Å²) in [5.41, 5.74) is 7.10. The Kier molecular flexibility index (Phi) is 4.62. The van der Waals surface area contributed by atoms with Gasteiger partial charge in [0.1, 0.15) is 0 Å². The van der Waals surface area contributed by atoms with Crippen molar-refractivity contribution in [3.05, 3.63) is 48.3 Å². The summed E-state index contributed by atoms with van der Waals surface area (Å²) in [6.45, 7) is 1.98. The lowest BCUT2D eigenvalue weighted by Crippen LogP contribution is -2.09. The van der Waals surface area contributed by atoms with Gasteiger partial charge in [-0.25, -0.2) is 0 Å². The number of thioether (sulfide) groups is 1. The largest absolute Gasteiger partial charge is 0.490 e. The predicted octanol–water partition coefficient (Wildman–Crippen LogP) is 3.04. The van der Waals surface area contributed by atoms with Crippen LogP contribution in [0.15, 0.2) is 47.6 Å². The summed E-state index contributed by atoms with van der Waals surface area (Å²) >= 11 is 1.73. The molecule has 2 heterocycles. The molecule has 0 saturated heterocycles. The van der Waals surface area contributed by atoms with E-state index in [-0.39, 0.29) is 5.25 Å². The van der Waals surface area contributed by atoms with Gasteiger partial charge in [-0.1, -0.05) is 0 Å².